The van der Waals surface area contributed by atoms with Crippen molar-refractivity contribution in [2.75, 3.05) is 18.5 Å². The van der Waals surface area contributed by atoms with Crippen LogP contribution in [0, 0.1) is 0 Å². The van der Waals surface area contributed by atoms with Crippen molar-refractivity contribution in [1.82, 2.24) is 9.97 Å². The fourth-order valence-corrected chi connectivity index (χ4v) is 1.71. The molecule has 5 nitrogen and oxygen atoms in total. The molecule has 0 bridgehead atoms. The number of rotatable bonds is 5. The molecule has 0 saturated carbocycles. The quantitative estimate of drug-likeness (QED) is 0.739. The van der Waals surface area contributed by atoms with Crippen LogP contribution in [0.5, 0.6) is 0 Å². The summed E-state index contributed by atoms with van der Waals surface area (Å²) < 4.78 is 0. The Bertz CT molecular complexity index is 518. The maximum Gasteiger partial charge on any atom is 0.223 e. The van der Waals surface area contributed by atoms with Gasteiger partial charge >= 0.3 is 0 Å². The predicted octanol–water partition coefficient (Wildman–Crippen LogP) is 1.18. The van der Waals surface area contributed by atoms with E-state index in [1.807, 2.05) is 31.2 Å². The number of para-hydroxylation sites is 1. The van der Waals surface area contributed by atoms with E-state index in [1.165, 1.54) is 0 Å². The Kier molecular flexibility index (Phi) is 3.74. The van der Waals surface area contributed by atoms with Crippen molar-refractivity contribution in [2.45, 2.75) is 18.9 Å². The average Bonchev–Trinajstić information content (AvgIpc) is 2.45. The molecule has 0 radical (unpaired) electrons. The first kappa shape index (κ1) is 12.7. The number of benzene rings is 1. The summed E-state index contributed by atoms with van der Waals surface area (Å²) in [6.07, 6.45) is 2.30. The van der Waals surface area contributed by atoms with Crippen molar-refractivity contribution in [3.8, 4) is 0 Å². The predicted molar refractivity (Wildman–Crippen MR) is 70.4 cm³/mol. The second kappa shape index (κ2) is 5.29. The first-order valence-electron chi connectivity index (χ1n) is 5.95. The molecule has 1 aromatic carbocycles. The summed E-state index contributed by atoms with van der Waals surface area (Å²) in [5.41, 5.74) is 0.0542. The molecule has 0 aliphatic heterocycles. The van der Waals surface area contributed by atoms with Gasteiger partial charge in [0.25, 0.3) is 0 Å². The van der Waals surface area contributed by atoms with E-state index in [2.05, 4.69) is 15.3 Å². The van der Waals surface area contributed by atoms with E-state index in [0.717, 1.165) is 10.9 Å². The lowest BCUT2D eigenvalue weighted by atomic mass is 9.99. The molecule has 96 valence electrons. The highest BCUT2D eigenvalue weighted by molar-refractivity contribution is 5.78. The third-order valence-corrected chi connectivity index (χ3v) is 3.15. The summed E-state index contributed by atoms with van der Waals surface area (Å²) in [7, 11) is 0. The summed E-state index contributed by atoms with van der Waals surface area (Å²) in [6.45, 7) is 1.55. The lowest BCUT2D eigenvalue weighted by molar-refractivity contribution is 0.132. The lowest BCUT2D eigenvalue weighted by Gasteiger charge is -2.29. The molecule has 0 unspecified atom stereocenters. The van der Waals surface area contributed by atoms with Crippen LogP contribution in [-0.2, 0) is 0 Å². The molecule has 2 rings (SSSR count). The van der Waals surface area contributed by atoms with Crippen molar-refractivity contribution >= 4 is 16.9 Å². The van der Waals surface area contributed by atoms with E-state index in [9.17, 15) is 10.2 Å². The average molecular weight is 247 g/mol. The second-order valence-electron chi connectivity index (χ2n) is 4.33. The number of aromatic nitrogens is 2. The van der Waals surface area contributed by atoms with E-state index >= 15 is 0 Å². The minimum Gasteiger partial charge on any atom is -0.394 e. The molecule has 0 aliphatic carbocycles. The number of nitrogens with one attached hydrogen (secondary N) is 1. The highest BCUT2D eigenvalue weighted by Crippen LogP contribution is 2.17. The molecule has 0 saturated heterocycles. The fraction of sp³-hybridized carbons (Fsp3) is 0.385. The lowest BCUT2D eigenvalue weighted by Crippen LogP contribution is -2.45. The maximum absolute atomic E-state index is 9.37. The minimum atomic E-state index is -0.775. The molecular formula is C13H17N3O2. The zero-order chi connectivity index (χ0) is 13.0. The van der Waals surface area contributed by atoms with Crippen molar-refractivity contribution < 1.29 is 10.2 Å². The molecule has 1 aromatic heterocycles. The molecule has 0 amide bonds. The first-order chi connectivity index (χ1) is 8.73. The number of hydrogen-bond donors (Lipinski definition) is 3. The Labute approximate surface area is 106 Å². The number of hydrogen-bond acceptors (Lipinski definition) is 5. The zero-order valence-corrected chi connectivity index (χ0v) is 10.3. The summed E-state index contributed by atoms with van der Waals surface area (Å²) in [4.78, 5) is 8.55. The standard InChI is InChI=1S/C13H17N3O2/c1-2-13(8-17,9-18)16-12-14-7-10-5-3-4-6-11(10)15-12/h3-7,17-18H,2,8-9H2,1H3,(H,14,15,16). The van der Waals surface area contributed by atoms with Gasteiger partial charge in [-0.15, -0.1) is 0 Å². The van der Waals surface area contributed by atoms with Gasteiger partial charge in [0.1, 0.15) is 0 Å². The Morgan fingerprint density at radius 3 is 2.61 bits per heavy atom. The van der Waals surface area contributed by atoms with Crippen LogP contribution in [0.3, 0.4) is 0 Å². The van der Waals surface area contributed by atoms with Crippen LogP contribution in [0.15, 0.2) is 30.5 Å². The molecule has 2 aromatic rings. The third-order valence-electron chi connectivity index (χ3n) is 3.15. The van der Waals surface area contributed by atoms with Crippen LogP contribution < -0.4 is 5.32 Å². The van der Waals surface area contributed by atoms with Gasteiger partial charge in [0.05, 0.1) is 24.3 Å². The Morgan fingerprint density at radius 2 is 1.94 bits per heavy atom. The van der Waals surface area contributed by atoms with E-state index in [-0.39, 0.29) is 13.2 Å². The monoisotopic (exact) mass is 247 g/mol. The van der Waals surface area contributed by atoms with Gasteiger partial charge in [0.2, 0.25) is 5.95 Å². The van der Waals surface area contributed by atoms with Gasteiger partial charge in [-0.05, 0) is 12.5 Å². The highest BCUT2D eigenvalue weighted by atomic mass is 16.3. The van der Waals surface area contributed by atoms with Gasteiger partial charge in [-0.2, -0.15) is 0 Å². The smallest absolute Gasteiger partial charge is 0.223 e. The van der Waals surface area contributed by atoms with E-state index in [4.69, 9.17) is 0 Å². The molecule has 3 N–H and O–H groups in total. The van der Waals surface area contributed by atoms with Gasteiger partial charge in [-0.3, -0.25) is 0 Å². The molecule has 18 heavy (non-hydrogen) atoms. The van der Waals surface area contributed by atoms with Crippen LogP contribution in [-0.4, -0.2) is 38.9 Å². The van der Waals surface area contributed by atoms with Crippen molar-refractivity contribution in [3.63, 3.8) is 0 Å². The van der Waals surface area contributed by atoms with Gasteiger partial charge in [-0.25, -0.2) is 9.97 Å². The van der Waals surface area contributed by atoms with Crippen LogP contribution in [0.4, 0.5) is 5.95 Å². The number of nitrogens with zero attached hydrogens (tertiary/aromatic N) is 2. The van der Waals surface area contributed by atoms with E-state index in [1.54, 1.807) is 6.20 Å². The van der Waals surface area contributed by atoms with Gasteiger partial charge in [0, 0.05) is 11.6 Å². The normalized spacial score (nSPS) is 11.7. The largest absolute Gasteiger partial charge is 0.394 e. The molecule has 0 atom stereocenters. The fourth-order valence-electron chi connectivity index (χ4n) is 1.71. The molecule has 1 heterocycles. The van der Waals surface area contributed by atoms with Gasteiger partial charge in [0.15, 0.2) is 0 Å². The minimum absolute atomic E-state index is 0.170. The summed E-state index contributed by atoms with van der Waals surface area (Å²) in [5, 5.41) is 22.7. The Hall–Kier alpha value is -1.72. The summed E-state index contributed by atoms with van der Waals surface area (Å²) in [6, 6.07) is 7.67. The highest BCUT2D eigenvalue weighted by Gasteiger charge is 2.27. The maximum atomic E-state index is 9.37. The van der Waals surface area contributed by atoms with Crippen molar-refractivity contribution in [1.29, 1.82) is 0 Å². The van der Waals surface area contributed by atoms with Gasteiger partial charge in [-0.1, -0.05) is 25.1 Å². The second-order valence-corrected chi connectivity index (χ2v) is 4.33. The van der Waals surface area contributed by atoms with Gasteiger partial charge < -0.3 is 15.5 Å². The molecular weight excluding hydrogens is 230 g/mol. The van der Waals surface area contributed by atoms with E-state index < -0.39 is 5.54 Å². The zero-order valence-electron chi connectivity index (χ0n) is 10.3. The SMILES string of the molecule is CCC(CO)(CO)Nc1ncc2ccccc2n1. The number of aliphatic hydroxyl groups is 2. The number of fused-ring (bicyclic) bond motifs is 1. The number of aliphatic hydroxyl groups excluding tert-OH is 2. The molecule has 0 spiro atoms. The molecule has 0 aliphatic rings. The Morgan fingerprint density at radius 1 is 1.22 bits per heavy atom. The van der Waals surface area contributed by atoms with Crippen LogP contribution in [0.25, 0.3) is 10.9 Å². The van der Waals surface area contributed by atoms with Crippen LogP contribution in [0.1, 0.15) is 13.3 Å². The van der Waals surface area contributed by atoms with Crippen LogP contribution >= 0.6 is 0 Å². The van der Waals surface area contributed by atoms with E-state index in [0.29, 0.717) is 12.4 Å². The topological polar surface area (TPSA) is 78.3 Å². The molecule has 0 fully saturated rings. The van der Waals surface area contributed by atoms with Crippen LogP contribution in [0.2, 0.25) is 0 Å². The summed E-state index contributed by atoms with van der Waals surface area (Å²) >= 11 is 0. The summed E-state index contributed by atoms with van der Waals surface area (Å²) in [5.74, 6) is 0.415. The van der Waals surface area contributed by atoms with Crippen molar-refractivity contribution in [3.05, 3.63) is 30.5 Å². The Balaban J connectivity index is 2.31. The third kappa shape index (κ3) is 2.42. The number of anilines is 1. The van der Waals surface area contributed by atoms with Crippen molar-refractivity contribution in [2.24, 2.45) is 0 Å². The first-order valence-corrected chi connectivity index (χ1v) is 5.95. The molecule has 5 heteroatoms.